The van der Waals surface area contributed by atoms with Crippen molar-refractivity contribution in [3.05, 3.63) is 0 Å². The molecule has 3 nitrogen and oxygen atoms in total. The maximum absolute atomic E-state index is 11.3. The van der Waals surface area contributed by atoms with Gasteiger partial charge in [-0.1, -0.05) is 0 Å². The van der Waals surface area contributed by atoms with Gasteiger partial charge in [-0.05, 0) is 45.8 Å². The Morgan fingerprint density at radius 2 is 2.07 bits per heavy atom. The fraction of sp³-hybridized carbons (Fsp3) is 0.800. The Bertz CT molecular complexity index is 227. The lowest BCUT2D eigenvalue weighted by molar-refractivity contribution is -0.153. The zero-order valence-electron chi connectivity index (χ0n) is 9.00. The highest BCUT2D eigenvalue weighted by atomic mass is 32.1. The van der Waals surface area contributed by atoms with Gasteiger partial charge in [0, 0.05) is 6.54 Å². The summed E-state index contributed by atoms with van der Waals surface area (Å²) in [6.45, 7) is 6.64. The molecule has 0 saturated heterocycles. The van der Waals surface area contributed by atoms with Crippen molar-refractivity contribution in [3.8, 4) is 0 Å². The maximum atomic E-state index is 11.3. The summed E-state index contributed by atoms with van der Waals surface area (Å²) in [5, 5.41) is 2.29. The third-order valence-corrected chi connectivity index (χ3v) is 1.70. The van der Waals surface area contributed by atoms with Gasteiger partial charge in [0.05, 0.1) is 17.2 Å². The molecule has 0 N–H and O–H groups in total. The summed E-state index contributed by atoms with van der Waals surface area (Å²) in [6.07, 6.45) is 1.70. The lowest BCUT2D eigenvalue weighted by Gasteiger charge is -2.16. The Morgan fingerprint density at radius 1 is 1.43 bits per heavy atom. The van der Waals surface area contributed by atoms with E-state index in [4.69, 9.17) is 4.74 Å². The molecular weight excluding hydrogens is 198 g/mol. The van der Waals surface area contributed by atoms with Crippen molar-refractivity contribution in [1.29, 1.82) is 0 Å². The molecular formula is C10H17NO2S. The number of esters is 1. The van der Waals surface area contributed by atoms with Crippen LogP contribution in [0.1, 0.15) is 33.6 Å². The topological polar surface area (TPSA) is 38.7 Å². The van der Waals surface area contributed by atoms with Crippen molar-refractivity contribution in [2.24, 2.45) is 10.4 Å². The largest absolute Gasteiger partial charge is 0.465 e. The van der Waals surface area contributed by atoms with E-state index in [2.05, 4.69) is 22.4 Å². The molecule has 0 aromatic carbocycles. The fourth-order valence-corrected chi connectivity index (χ4v) is 0.811. The van der Waals surface area contributed by atoms with Crippen molar-refractivity contribution < 1.29 is 9.53 Å². The number of aliphatic imine (C=N–C) groups is 1. The number of ether oxygens (including phenoxy) is 1. The van der Waals surface area contributed by atoms with Gasteiger partial charge < -0.3 is 4.74 Å². The van der Waals surface area contributed by atoms with Crippen LogP contribution >= 0.6 is 12.2 Å². The number of carbonyl (C=O) groups excluding carboxylic acids is 1. The predicted octanol–water partition coefficient (Wildman–Crippen LogP) is 2.46. The molecule has 0 heterocycles. The molecule has 0 atom stereocenters. The smallest absolute Gasteiger partial charge is 0.311 e. The third-order valence-electron chi connectivity index (χ3n) is 1.57. The molecule has 0 amide bonds. The van der Waals surface area contributed by atoms with Crippen LogP contribution in [0.5, 0.6) is 0 Å². The average molecular weight is 215 g/mol. The van der Waals surface area contributed by atoms with Gasteiger partial charge in [0.25, 0.3) is 0 Å². The van der Waals surface area contributed by atoms with Crippen LogP contribution in [0, 0.1) is 5.41 Å². The highest BCUT2D eigenvalue weighted by Gasteiger charge is 2.22. The molecule has 0 saturated carbocycles. The first-order valence-corrected chi connectivity index (χ1v) is 5.10. The molecule has 80 valence electrons. The highest BCUT2D eigenvalue weighted by molar-refractivity contribution is 7.78. The second kappa shape index (κ2) is 6.68. The molecule has 0 aromatic heterocycles. The number of thiocarbonyl (C=S) groups is 1. The molecule has 0 aliphatic carbocycles. The maximum Gasteiger partial charge on any atom is 0.311 e. The van der Waals surface area contributed by atoms with Crippen LogP contribution in [-0.2, 0) is 9.53 Å². The van der Waals surface area contributed by atoms with Crippen LogP contribution in [0.3, 0.4) is 0 Å². The monoisotopic (exact) mass is 215 g/mol. The first-order chi connectivity index (χ1) is 6.48. The van der Waals surface area contributed by atoms with Crippen molar-refractivity contribution in [2.75, 3.05) is 13.2 Å². The first-order valence-electron chi connectivity index (χ1n) is 4.69. The van der Waals surface area contributed by atoms with Gasteiger partial charge >= 0.3 is 5.97 Å². The van der Waals surface area contributed by atoms with Crippen molar-refractivity contribution >= 4 is 23.3 Å². The van der Waals surface area contributed by atoms with Crippen LogP contribution in [0.15, 0.2) is 4.99 Å². The lowest BCUT2D eigenvalue weighted by Crippen LogP contribution is -2.23. The van der Waals surface area contributed by atoms with Gasteiger partial charge in [-0.15, -0.1) is 0 Å². The number of isothiocyanates is 1. The van der Waals surface area contributed by atoms with E-state index in [1.807, 2.05) is 20.8 Å². The van der Waals surface area contributed by atoms with Crippen LogP contribution in [0.25, 0.3) is 0 Å². The number of carbonyl (C=O) groups is 1. The molecule has 14 heavy (non-hydrogen) atoms. The second-order valence-corrected chi connectivity index (χ2v) is 4.25. The molecule has 0 bridgehead atoms. The minimum Gasteiger partial charge on any atom is -0.465 e. The zero-order chi connectivity index (χ0) is 11.0. The zero-order valence-corrected chi connectivity index (χ0v) is 9.82. The third kappa shape index (κ3) is 6.75. The van der Waals surface area contributed by atoms with E-state index in [1.54, 1.807) is 0 Å². The van der Waals surface area contributed by atoms with Gasteiger partial charge in [0.1, 0.15) is 0 Å². The first kappa shape index (κ1) is 13.3. The molecule has 0 rings (SSSR count). The minimum absolute atomic E-state index is 0.157. The van der Waals surface area contributed by atoms with Gasteiger partial charge in [0.2, 0.25) is 0 Å². The number of rotatable bonds is 5. The minimum atomic E-state index is -0.410. The Kier molecular flexibility index (Phi) is 6.34. The van der Waals surface area contributed by atoms with Crippen molar-refractivity contribution in [3.63, 3.8) is 0 Å². The second-order valence-electron chi connectivity index (χ2n) is 4.07. The summed E-state index contributed by atoms with van der Waals surface area (Å²) in [5.74, 6) is -0.157. The Labute approximate surface area is 90.6 Å². The number of nitrogens with zero attached hydrogens (tertiary/aromatic N) is 1. The summed E-state index contributed by atoms with van der Waals surface area (Å²) >= 11 is 4.42. The van der Waals surface area contributed by atoms with Crippen LogP contribution in [0.2, 0.25) is 0 Å². The van der Waals surface area contributed by atoms with E-state index in [1.165, 1.54) is 0 Å². The van der Waals surface area contributed by atoms with Crippen molar-refractivity contribution in [2.45, 2.75) is 33.6 Å². The Hall–Kier alpha value is -0.730. The molecule has 0 spiro atoms. The summed E-state index contributed by atoms with van der Waals surface area (Å²) in [5.41, 5.74) is -0.410. The SMILES string of the molecule is CC(C)(C)C(=O)OCCCCN=C=S. The lowest BCUT2D eigenvalue weighted by atomic mass is 9.97. The van der Waals surface area contributed by atoms with Gasteiger partial charge in [-0.2, -0.15) is 0 Å². The van der Waals surface area contributed by atoms with Crippen molar-refractivity contribution in [1.82, 2.24) is 0 Å². The van der Waals surface area contributed by atoms with Crippen LogP contribution in [-0.4, -0.2) is 24.3 Å². The summed E-state index contributed by atoms with van der Waals surface area (Å²) < 4.78 is 5.06. The molecule has 0 unspecified atom stereocenters. The Balaban J connectivity index is 3.46. The molecule has 0 aromatic rings. The van der Waals surface area contributed by atoms with E-state index >= 15 is 0 Å². The van der Waals surface area contributed by atoms with Gasteiger partial charge in [-0.3, -0.25) is 4.79 Å². The number of hydrogen-bond acceptors (Lipinski definition) is 4. The summed E-state index contributed by atoms with van der Waals surface area (Å²) in [7, 11) is 0. The van der Waals surface area contributed by atoms with Crippen LogP contribution < -0.4 is 0 Å². The molecule has 0 aliphatic rings. The standard InChI is InChI=1S/C10H17NO2S/c1-10(2,3)9(12)13-7-5-4-6-11-8-14/h4-7H2,1-3H3. The van der Waals surface area contributed by atoms with Crippen LogP contribution in [0.4, 0.5) is 0 Å². The highest BCUT2D eigenvalue weighted by Crippen LogP contribution is 2.15. The molecule has 0 aliphatic heterocycles. The Morgan fingerprint density at radius 3 is 2.57 bits per heavy atom. The van der Waals surface area contributed by atoms with E-state index in [0.29, 0.717) is 13.2 Å². The number of hydrogen-bond donors (Lipinski definition) is 0. The van der Waals surface area contributed by atoms with Gasteiger partial charge in [-0.25, -0.2) is 4.99 Å². The molecule has 0 fully saturated rings. The van der Waals surface area contributed by atoms with E-state index < -0.39 is 5.41 Å². The van der Waals surface area contributed by atoms with Gasteiger partial charge in [0.15, 0.2) is 0 Å². The van der Waals surface area contributed by atoms with E-state index in [0.717, 1.165) is 12.8 Å². The van der Waals surface area contributed by atoms with E-state index in [-0.39, 0.29) is 5.97 Å². The summed E-state index contributed by atoms with van der Waals surface area (Å²) in [6, 6.07) is 0. The molecule has 0 radical (unpaired) electrons. The average Bonchev–Trinajstić information content (AvgIpc) is 2.09. The molecule has 4 heteroatoms. The quantitative estimate of drug-likeness (QED) is 0.306. The fourth-order valence-electron chi connectivity index (χ4n) is 0.720. The number of unbranched alkanes of at least 4 members (excludes halogenated alkanes) is 1. The normalized spacial score (nSPS) is 10.5. The summed E-state index contributed by atoms with van der Waals surface area (Å²) in [4.78, 5) is 15.0. The van der Waals surface area contributed by atoms with E-state index in [9.17, 15) is 4.79 Å². The predicted molar refractivity (Wildman–Crippen MR) is 59.5 cm³/mol.